The number of rotatable bonds is 8. The van der Waals surface area contributed by atoms with E-state index in [9.17, 15) is 14.4 Å². The maximum absolute atomic E-state index is 12.1. The Balaban J connectivity index is 2.87. The first kappa shape index (κ1) is 17.1. The lowest BCUT2D eigenvalue weighted by atomic mass is 9.72. The minimum Gasteiger partial charge on any atom is -0.469 e. The lowest BCUT2D eigenvalue weighted by Gasteiger charge is -2.28. The maximum Gasteiger partial charge on any atom is 0.305 e. The molecule has 0 radical (unpaired) electrons. The summed E-state index contributed by atoms with van der Waals surface area (Å²) in [5.41, 5.74) is -0.0215. The molecule has 0 saturated carbocycles. The minimum atomic E-state index is -1.09. The van der Waals surface area contributed by atoms with Gasteiger partial charge in [0.25, 0.3) is 0 Å². The van der Waals surface area contributed by atoms with Crippen LogP contribution in [0.2, 0.25) is 0 Å². The summed E-state index contributed by atoms with van der Waals surface area (Å²) >= 11 is 0. The second-order valence-electron chi connectivity index (χ2n) is 5.26. The van der Waals surface area contributed by atoms with Crippen molar-refractivity contribution in [3.8, 4) is 0 Å². The fourth-order valence-electron chi connectivity index (χ4n) is 2.50. The Bertz CT molecular complexity index is 491. The van der Waals surface area contributed by atoms with Crippen LogP contribution in [0.15, 0.2) is 30.3 Å². The lowest BCUT2D eigenvalue weighted by Crippen LogP contribution is -2.37. The van der Waals surface area contributed by atoms with E-state index in [0.29, 0.717) is 12.8 Å². The zero-order valence-electron chi connectivity index (χ0n) is 12.8. The number of esters is 1. The minimum absolute atomic E-state index is 0.0739. The van der Waals surface area contributed by atoms with Crippen molar-refractivity contribution in [3.63, 3.8) is 0 Å². The molecule has 4 heteroatoms. The van der Waals surface area contributed by atoms with Gasteiger partial charge in [0.2, 0.25) is 0 Å². The van der Waals surface area contributed by atoms with Crippen LogP contribution in [0.3, 0.4) is 0 Å². The zero-order valence-corrected chi connectivity index (χ0v) is 12.8. The van der Waals surface area contributed by atoms with Crippen molar-refractivity contribution in [1.29, 1.82) is 0 Å². The van der Waals surface area contributed by atoms with Crippen molar-refractivity contribution in [1.82, 2.24) is 0 Å². The molecule has 0 spiro atoms. The highest BCUT2D eigenvalue weighted by Gasteiger charge is 2.40. The van der Waals surface area contributed by atoms with Crippen molar-refractivity contribution in [2.75, 3.05) is 7.11 Å². The van der Waals surface area contributed by atoms with E-state index < -0.39 is 11.4 Å². The van der Waals surface area contributed by atoms with Crippen LogP contribution in [-0.4, -0.2) is 24.6 Å². The third kappa shape index (κ3) is 4.52. The molecular weight excluding hydrogens is 268 g/mol. The number of Topliss-reactive ketones (excluding diaryl/α,β-unsaturated/α-hetero) is 2. The third-order valence-corrected chi connectivity index (χ3v) is 4.01. The topological polar surface area (TPSA) is 60.4 Å². The van der Waals surface area contributed by atoms with E-state index in [2.05, 4.69) is 4.74 Å². The summed E-state index contributed by atoms with van der Waals surface area (Å²) in [4.78, 5) is 35.4. The van der Waals surface area contributed by atoms with Crippen LogP contribution in [-0.2, 0) is 25.5 Å². The smallest absolute Gasteiger partial charge is 0.305 e. The van der Waals surface area contributed by atoms with Crippen LogP contribution in [0.5, 0.6) is 0 Å². The molecule has 4 nitrogen and oxygen atoms in total. The second kappa shape index (κ2) is 7.72. The number of ether oxygens (including phenoxy) is 1. The van der Waals surface area contributed by atoms with Gasteiger partial charge in [-0.1, -0.05) is 30.3 Å². The standard InChI is InChI=1S/C17H22O4/c1-13(18)17(14(2)19,12-10-16(20)21-3)11-9-15-7-5-4-6-8-15/h4-8H,9-12H2,1-3H3. The van der Waals surface area contributed by atoms with Crippen molar-refractivity contribution in [2.45, 2.75) is 39.5 Å². The molecule has 1 aromatic rings. The van der Waals surface area contributed by atoms with Crippen molar-refractivity contribution in [2.24, 2.45) is 5.41 Å². The number of hydrogen-bond donors (Lipinski definition) is 0. The highest BCUT2D eigenvalue weighted by molar-refractivity contribution is 6.05. The Morgan fingerprint density at radius 3 is 2.05 bits per heavy atom. The van der Waals surface area contributed by atoms with Crippen LogP contribution >= 0.6 is 0 Å². The number of carbonyl (C=O) groups is 3. The second-order valence-corrected chi connectivity index (χ2v) is 5.26. The lowest BCUT2D eigenvalue weighted by molar-refractivity contribution is -0.144. The van der Waals surface area contributed by atoms with Crippen molar-refractivity contribution >= 4 is 17.5 Å². The number of methoxy groups -OCH3 is 1. The van der Waals surface area contributed by atoms with E-state index in [1.54, 1.807) is 0 Å². The summed E-state index contributed by atoms with van der Waals surface area (Å²) in [7, 11) is 1.30. The first-order valence-corrected chi connectivity index (χ1v) is 7.05. The summed E-state index contributed by atoms with van der Waals surface area (Å²) in [5, 5.41) is 0. The number of carbonyl (C=O) groups excluding carboxylic acids is 3. The molecule has 0 N–H and O–H groups in total. The molecule has 0 heterocycles. The molecule has 0 bridgehead atoms. The average molecular weight is 290 g/mol. The molecule has 0 saturated heterocycles. The predicted molar refractivity (Wildman–Crippen MR) is 79.8 cm³/mol. The van der Waals surface area contributed by atoms with Crippen molar-refractivity contribution in [3.05, 3.63) is 35.9 Å². The molecule has 0 aliphatic heterocycles. The Hall–Kier alpha value is -1.97. The number of aryl methyl sites for hydroxylation is 1. The van der Waals surface area contributed by atoms with E-state index in [4.69, 9.17) is 0 Å². The van der Waals surface area contributed by atoms with E-state index in [-0.39, 0.29) is 24.4 Å². The van der Waals surface area contributed by atoms with Crippen molar-refractivity contribution < 1.29 is 19.1 Å². The van der Waals surface area contributed by atoms with Gasteiger partial charge in [-0.25, -0.2) is 0 Å². The fourth-order valence-corrected chi connectivity index (χ4v) is 2.50. The monoisotopic (exact) mass is 290 g/mol. The highest BCUT2D eigenvalue weighted by atomic mass is 16.5. The molecule has 21 heavy (non-hydrogen) atoms. The quantitative estimate of drug-likeness (QED) is 0.545. The van der Waals surface area contributed by atoms with Gasteiger partial charge in [-0.2, -0.15) is 0 Å². The fraction of sp³-hybridized carbons (Fsp3) is 0.471. The van der Waals surface area contributed by atoms with Gasteiger partial charge in [0, 0.05) is 6.42 Å². The first-order chi connectivity index (χ1) is 9.92. The van der Waals surface area contributed by atoms with Gasteiger partial charge in [0.15, 0.2) is 0 Å². The van der Waals surface area contributed by atoms with Gasteiger partial charge < -0.3 is 4.74 Å². The molecule has 0 aliphatic rings. The predicted octanol–water partition coefficient (Wildman–Crippen LogP) is 2.74. The molecule has 0 aliphatic carbocycles. The molecule has 114 valence electrons. The van der Waals surface area contributed by atoms with Gasteiger partial charge in [0.05, 0.1) is 12.5 Å². The Morgan fingerprint density at radius 2 is 1.57 bits per heavy atom. The number of hydrogen-bond acceptors (Lipinski definition) is 4. The summed E-state index contributed by atoms with van der Waals surface area (Å²) in [6.45, 7) is 2.84. The summed E-state index contributed by atoms with van der Waals surface area (Å²) in [5.74, 6) is -0.772. The average Bonchev–Trinajstić information content (AvgIpc) is 2.47. The maximum atomic E-state index is 12.1. The molecule has 0 amide bonds. The third-order valence-electron chi connectivity index (χ3n) is 4.01. The molecule has 0 atom stereocenters. The molecule has 0 fully saturated rings. The summed E-state index contributed by atoms with van der Waals surface area (Å²) < 4.78 is 4.61. The number of ketones is 2. The zero-order chi connectivity index (χ0) is 15.9. The highest BCUT2D eigenvalue weighted by Crippen LogP contribution is 2.32. The Kier molecular flexibility index (Phi) is 6.28. The Labute approximate surface area is 125 Å². The van der Waals surface area contributed by atoms with Crippen LogP contribution in [0.25, 0.3) is 0 Å². The summed E-state index contributed by atoms with van der Waals surface area (Å²) in [6, 6.07) is 9.70. The van der Waals surface area contributed by atoms with Gasteiger partial charge in [-0.3, -0.25) is 14.4 Å². The van der Waals surface area contributed by atoms with Crippen LogP contribution in [0, 0.1) is 5.41 Å². The van der Waals surface area contributed by atoms with Crippen LogP contribution < -0.4 is 0 Å². The Morgan fingerprint density at radius 1 is 1.00 bits per heavy atom. The first-order valence-electron chi connectivity index (χ1n) is 7.05. The molecule has 0 unspecified atom stereocenters. The molecular formula is C17H22O4. The summed E-state index contributed by atoms with van der Waals surface area (Å²) in [6.07, 6.45) is 1.32. The largest absolute Gasteiger partial charge is 0.469 e. The number of benzene rings is 1. The van der Waals surface area contributed by atoms with Crippen LogP contribution in [0.1, 0.15) is 38.7 Å². The normalized spacial score (nSPS) is 11.0. The van der Waals surface area contributed by atoms with Crippen LogP contribution in [0.4, 0.5) is 0 Å². The van der Waals surface area contributed by atoms with Gasteiger partial charge in [-0.05, 0) is 38.7 Å². The van der Waals surface area contributed by atoms with Gasteiger partial charge in [-0.15, -0.1) is 0 Å². The van der Waals surface area contributed by atoms with E-state index >= 15 is 0 Å². The molecule has 0 aromatic heterocycles. The molecule has 1 aromatic carbocycles. The van der Waals surface area contributed by atoms with E-state index in [0.717, 1.165) is 5.56 Å². The SMILES string of the molecule is COC(=O)CCC(CCc1ccccc1)(C(C)=O)C(C)=O. The van der Waals surface area contributed by atoms with Gasteiger partial charge >= 0.3 is 5.97 Å². The van der Waals surface area contributed by atoms with E-state index in [1.165, 1.54) is 21.0 Å². The molecule has 1 rings (SSSR count). The van der Waals surface area contributed by atoms with E-state index in [1.807, 2.05) is 30.3 Å². The van der Waals surface area contributed by atoms with Gasteiger partial charge in [0.1, 0.15) is 11.6 Å².